The van der Waals surface area contributed by atoms with Gasteiger partial charge in [-0.1, -0.05) is 0 Å². The molecule has 0 bridgehead atoms. The highest BCUT2D eigenvalue weighted by molar-refractivity contribution is 7.15. The molecule has 18 heavy (non-hydrogen) atoms. The van der Waals surface area contributed by atoms with Crippen LogP contribution in [-0.2, 0) is 6.42 Å². The van der Waals surface area contributed by atoms with Crippen LogP contribution in [0.25, 0.3) is 10.6 Å². The number of nitrogens with zero attached hydrogens (tertiary/aromatic N) is 1. The molecule has 4 heteroatoms. The van der Waals surface area contributed by atoms with Gasteiger partial charge in [0.15, 0.2) is 0 Å². The van der Waals surface area contributed by atoms with Gasteiger partial charge in [-0.15, -0.1) is 11.3 Å². The Hall–Kier alpha value is -1.26. The molecule has 2 nitrogen and oxygen atoms in total. The molecule has 1 aliphatic rings. The zero-order valence-corrected chi connectivity index (χ0v) is 11.1. The Balaban J connectivity index is 2.07. The molecule has 1 aromatic carbocycles. The molecule has 1 aliphatic carbocycles. The number of aromatic nitrogens is 1. The van der Waals surface area contributed by atoms with Gasteiger partial charge in [-0.2, -0.15) is 0 Å². The Labute approximate surface area is 110 Å². The number of fused-ring (bicyclic) bond motifs is 1. The van der Waals surface area contributed by atoms with Gasteiger partial charge in [0.25, 0.3) is 0 Å². The van der Waals surface area contributed by atoms with Crippen LogP contribution in [0.15, 0.2) is 18.2 Å². The average Bonchev–Trinajstić information content (AvgIpc) is 2.74. The fourth-order valence-electron chi connectivity index (χ4n) is 2.43. The molecule has 1 aromatic heterocycles. The topological polar surface area (TPSA) is 38.9 Å². The minimum atomic E-state index is -0.200. The first kappa shape index (κ1) is 11.8. The summed E-state index contributed by atoms with van der Waals surface area (Å²) in [6.45, 7) is 1.92. The van der Waals surface area contributed by atoms with Crippen LogP contribution in [0.5, 0.6) is 0 Å². The maximum Gasteiger partial charge on any atom is 0.124 e. The molecule has 2 N–H and O–H groups in total. The van der Waals surface area contributed by atoms with Gasteiger partial charge >= 0.3 is 0 Å². The van der Waals surface area contributed by atoms with Crippen molar-refractivity contribution in [1.82, 2.24) is 4.98 Å². The van der Waals surface area contributed by atoms with Crippen LogP contribution >= 0.6 is 11.3 Å². The second kappa shape index (κ2) is 4.44. The molecule has 0 saturated carbocycles. The van der Waals surface area contributed by atoms with Crippen molar-refractivity contribution in [3.05, 3.63) is 40.2 Å². The summed E-state index contributed by atoms with van der Waals surface area (Å²) in [5.74, 6) is -0.200. The first-order valence-electron chi connectivity index (χ1n) is 6.17. The molecule has 0 fully saturated rings. The third-order valence-electron chi connectivity index (χ3n) is 3.42. The van der Waals surface area contributed by atoms with E-state index < -0.39 is 0 Å². The predicted molar refractivity (Wildman–Crippen MR) is 72.1 cm³/mol. The van der Waals surface area contributed by atoms with Gasteiger partial charge in [-0.25, -0.2) is 9.37 Å². The monoisotopic (exact) mass is 262 g/mol. The number of benzene rings is 1. The van der Waals surface area contributed by atoms with Crippen molar-refractivity contribution in [2.75, 3.05) is 0 Å². The van der Waals surface area contributed by atoms with Gasteiger partial charge in [0.2, 0.25) is 0 Å². The number of hydrogen-bond acceptors (Lipinski definition) is 3. The molecule has 3 rings (SSSR count). The van der Waals surface area contributed by atoms with E-state index in [1.54, 1.807) is 23.5 Å². The highest BCUT2D eigenvalue weighted by Crippen LogP contribution is 2.37. The van der Waals surface area contributed by atoms with Crippen molar-refractivity contribution in [2.45, 2.75) is 32.2 Å². The van der Waals surface area contributed by atoms with Gasteiger partial charge in [0.05, 0.1) is 5.69 Å². The lowest BCUT2D eigenvalue weighted by Gasteiger charge is -2.15. The molecule has 0 saturated heterocycles. The van der Waals surface area contributed by atoms with Crippen molar-refractivity contribution < 1.29 is 4.39 Å². The summed E-state index contributed by atoms with van der Waals surface area (Å²) < 4.78 is 13.1. The molecule has 0 spiro atoms. The molecule has 0 amide bonds. The van der Waals surface area contributed by atoms with E-state index in [1.165, 1.54) is 10.9 Å². The second-order valence-electron chi connectivity index (χ2n) is 4.79. The standard InChI is InChI=1S/C14H15FN2S/c1-8-7-9(15)5-6-10(8)14-17-13-11(16)3-2-4-12(13)18-14/h5-7,11H,2-4,16H2,1H3. The van der Waals surface area contributed by atoms with Gasteiger partial charge in [0, 0.05) is 16.5 Å². The van der Waals surface area contributed by atoms with Gasteiger partial charge in [-0.3, -0.25) is 0 Å². The molecule has 94 valence electrons. The van der Waals surface area contributed by atoms with Crippen molar-refractivity contribution in [3.63, 3.8) is 0 Å². The maximum absolute atomic E-state index is 13.1. The average molecular weight is 262 g/mol. The van der Waals surface area contributed by atoms with E-state index in [4.69, 9.17) is 5.73 Å². The van der Waals surface area contributed by atoms with Crippen molar-refractivity contribution >= 4 is 11.3 Å². The van der Waals surface area contributed by atoms with Crippen LogP contribution in [0.1, 0.15) is 35.0 Å². The largest absolute Gasteiger partial charge is 0.323 e. The maximum atomic E-state index is 13.1. The van der Waals surface area contributed by atoms with E-state index in [9.17, 15) is 4.39 Å². The Morgan fingerprint density at radius 3 is 3.00 bits per heavy atom. The van der Waals surface area contributed by atoms with Crippen LogP contribution in [0, 0.1) is 12.7 Å². The predicted octanol–water partition coefficient (Wildman–Crippen LogP) is 3.59. The van der Waals surface area contributed by atoms with Crippen LogP contribution in [0.4, 0.5) is 4.39 Å². The lowest BCUT2D eigenvalue weighted by Crippen LogP contribution is -2.16. The first-order valence-corrected chi connectivity index (χ1v) is 6.98. The van der Waals surface area contributed by atoms with E-state index in [0.29, 0.717) is 0 Å². The minimum absolute atomic E-state index is 0.0690. The third-order valence-corrected chi connectivity index (χ3v) is 4.58. The summed E-state index contributed by atoms with van der Waals surface area (Å²) in [5.41, 5.74) is 9.07. The van der Waals surface area contributed by atoms with E-state index in [0.717, 1.165) is 41.1 Å². The summed E-state index contributed by atoms with van der Waals surface area (Å²) >= 11 is 1.70. The van der Waals surface area contributed by atoms with Crippen LogP contribution in [0.3, 0.4) is 0 Å². The van der Waals surface area contributed by atoms with E-state index in [1.807, 2.05) is 6.92 Å². The van der Waals surface area contributed by atoms with Crippen molar-refractivity contribution in [1.29, 1.82) is 0 Å². The minimum Gasteiger partial charge on any atom is -0.323 e. The quantitative estimate of drug-likeness (QED) is 0.853. The Bertz CT molecular complexity index is 591. The molecule has 1 heterocycles. The number of thiazole rings is 1. The fraction of sp³-hybridized carbons (Fsp3) is 0.357. The Kier molecular flexibility index (Phi) is 2.92. The van der Waals surface area contributed by atoms with Crippen LogP contribution in [-0.4, -0.2) is 4.98 Å². The highest BCUT2D eigenvalue weighted by atomic mass is 32.1. The summed E-state index contributed by atoms with van der Waals surface area (Å²) in [5, 5.41) is 0.967. The highest BCUT2D eigenvalue weighted by Gasteiger charge is 2.22. The van der Waals surface area contributed by atoms with Crippen molar-refractivity contribution in [3.8, 4) is 10.6 Å². The van der Waals surface area contributed by atoms with Gasteiger partial charge in [-0.05, 0) is 49.9 Å². The second-order valence-corrected chi connectivity index (χ2v) is 5.87. The number of nitrogens with two attached hydrogens (primary N) is 1. The number of halogens is 1. The SMILES string of the molecule is Cc1cc(F)ccc1-c1nc2c(s1)CCCC2N. The lowest BCUT2D eigenvalue weighted by molar-refractivity contribution is 0.564. The van der Waals surface area contributed by atoms with Gasteiger partial charge in [0.1, 0.15) is 10.8 Å². The summed E-state index contributed by atoms with van der Waals surface area (Å²) in [6, 6.07) is 4.91. The molecule has 0 aliphatic heterocycles. The summed E-state index contributed by atoms with van der Waals surface area (Å²) in [7, 11) is 0. The zero-order chi connectivity index (χ0) is 12.7. The van der Waals surface area contributed by atoms with E-state index >= 15 is 0 Å². The lowest BCUT2D eigenvalue weighted by atomic mass is 9.98. The zero-order valence-electron chi connectivity index (χ0n) is 10.2. The molecule has 0 radical (unpaired) electrons. The Morgan fingerprint density at radius 1 is 1.44 bits per heavy atom. The molecule has 1 unspecified atom stereocenters. The third kappa shape index (κ3) is 1.95. The number of hydrogen-bond donors (Lipinski definition) is 1. The fourth-order valence-corrected chi connectivity index (χ4v) is 3.70. The van der Waals surface area contributed by atoms with E-state index in [2.05, 4.69) is 4.98 Å². The van der Waals surface area contributed by atoms with E-state index in [-0.39, 0.29) is 11.9 Å². The molecular formula is C14H15FN2S. The van der Waals surface area contributed by atoms with Crippen LogP contribution in [0.2, 0.25) is 0 Å². The van der Waals surface area contributed by atoms with Crippen LogP contribution < -0.4 is 5.73 Å². The number of rotatable bonds is 1. The summed E-state index contributed by atoms with van der Waals surface area (Å²) in [4.78, 5) is 5.96. The smallest absolute Gasteiger partial charge is 0.124 e. The molecular weight excluding hydrogens is 247 g/mol. The van der Waals surface area contributed by atoms with Gasteiger partial charge < -0.3 is 5.73 Å². The normalized spacial score (nSPS) is 18.7. The summed E-state index contributed by atoms with van der Waals surface area (Å²) in [6.07, 6.45) is 3.22. The number of aryl methyl sites for hydroxylation is 2. The molecule has 2 aromatic rings. The first-order chi connectivity index (χ1) is 8.65. The molecule has 1 atom stereocenters. The van der Waals surface area contributed by atoms with Crippen molar-refractivity contribution in [2.24, 2.45) is 5.73 Å². The Morgan fingerprint density at radius 2 is 2.28 bits per heavy atom.